The second-order valence-electron chi connectivity index (χ2n) is 15.4. The fourth-order valence-corrected chi connectivity index (χ4v) is 8.48. The van der Waals surface area contributed by atoms with Crippen molar-refractivity contribution in [1.29, 1.82) is 0 Å². The van der Waals surface area contributed by atoms with Crippen LogP contribution in [0.3, 0.4) is 0 Å². The summed E-state index contributed by atoms with van der Waals surface area (Å²) in [6.07, 6.45) is 7.48. The van der Waals surface area contributed by atoms with Gasteiger partial charge in [0.2, 0.25) is 17.6 Å². The fourth-order valence-electron chi connectivity index (χ4n) is 8.48. The van der Waals surface area contributed by atoms with Crippen LogP contribution < -0.4 is 21.2 Å². The van der Waals surface area contributed by atoms with Gasteiger partial charge in [-0.2, -0.15) is 9.49 Å². The van der Waals surface area contributed by atoms with Gasteiger partial charge in [0.05, 0.1) is 28.8 Å². The summed E-state index contributed by atoms with van der Waals surface area (Å²) < 4.78 is 46.6. The molecule has 57 heavy (non-hydrogen) atoms. The van der Waals surface area contributed by atoms with E-state index in [1.165, 1.54) is 4.57 Å². The van der Waals surface area contributed by atoms with E-state index in [-0.39, 0.29) is 36.5 Å². The Morgan fingerprint density at radius 3 is 2.46 bits per heavy atom. The monoisotopic (exact) mass is 787 g/mol. The molecule has 8 rings (SSSR count). The first kappa shape index (κ1) is 38.2. The lowest BCUT2D eigenvalue weighted by molar-refractivity contribution is -0.135. The average Bonchev–Trinajstić information content (AvgIpc) is 3.75. The number of phenols is 1. The number of phenolic OH excluding ortho intramolecular Hbond substituents is 1. The molecule has 3 N–H and O–H groups in total. The van der Waals surface area contributed by atoms with Gasteiger partial charge in [0, 0.05) is 46.2 Å². The summed E-state index contributed by atoms with van der Waals surface area (Å²) in [4.78, 5) is 59.4. The molecule has 300 valence electrons. The summed E-state index contributed by atoms with van der Waals surface area (Å²) in [6, 6.07) is 9.91. The molecular weight excluding hydrogens is 743 g/mol. The smallest absolute Gasteiger partial charge is 0.329 e. The molecule has 1 atom stereocenters. The number of imidazole rings is 1. The van der Waals surface area contributed by atoms with Gasteiger partial charge in [-0.3, -0.25) is 38.4 Å². The number of benzene rings is 2. The Labute approximate surface area is 325 Å². The molecule has 0 unspecified atom stereocenters. The van der Waals surface area contributed by atoms with E-state index in [1.807, 2.05) is 41.2 Å². The van der Waals surface area contributed by atoms with Crippen molar-refractivity contribution in [2.75, 3.05) is 44.2 Å². The number of amides is 3. The van der Waals surface area contributed by atoms with E-state index >= 15 is 0 Å². The predicted octanol–water partition coefficient (Wildman–Crippen LogP) is 4.10. The van der Waals surface area contributed by atoms with E-state index in [9.17, 15) is 37.5 Å². The molecule has 2 aliphatic heterocycles. The number of nitrogens with zero attached hydrogens (tertiary/aromatic N) is 7. The van der Waals surface area contributed by atoms with Crippen LogP contribution in [0.4, 0.5) is 19.0 Å². The third-order valence-electron chi connectivity index (χ3n) is 11.8. The van der Waals surface area contributed by atoms with E-state index in [0.717, 1.165) is 99.2 Å². The molecule has 3 aliphatic rings. The third-order valence-corrected chi connectivity index (χ3v) is 11.8. The molecule has 3 amide bonds. The zero-order chi connectivity index (χ0) is 40.0. The summed E-state index contributed by atoms with van der Waals surface area (Å²) in [7, 11) is 1.71. The number of piperidine rings is 1. The van der Waals surface area contributed by atoms with Crippen molar-refractivity contribution in [2.24, 2.45) is 13.0 Å². The molecule has 0 radical (unpaired) electrons. The standard InChI is InChI=1S/C40H44F3N9O5/c1-48-32-19-23(6-10-30(32)52(40(48)57)31-11-13-34(53)46-39(31)56)3-2-14-49-15-17-50(18-16-49)33-12-9-28-29(45-33)22-51(47-28)25-7-4-24(5-8-25)21-44-38(55)26-20-27(41)37(54)36(43)35(26)42/h6,9-10,12,19-20,22,24-25,31,54H,2-5,7-8,11,13-18,21H2,1H3,(H,44,55)(H,46,53,56)/t24?,25?,31-/m1/s1. The maximum Gasteiger partial charge on any atom is 0.329 e. The van der Waals surface area contributed by atoms with Crippen LogP contribution in [-0.4, -0.2) is 90.9 Å². The lowest BCUT2D eigenvalue weighted by Crippen LogP contribution is -2.47. The van der Waals surface area contributed by atoms with Crippen molar-refractivity contribution >= 4 is 45.6 Å². The average molecular weight is 788 g/mol. The van der Waals surface area contributed by atoms with Crippen LogP contribution in [0.25, 0.3) is 22.1 Å². The second kappa shape index (κ2) is 15.7. The summed E-state index contributed by atoms with van der Waals surface area (Å²) in [5.74, 6) is -6.88. The van der Waals surface area contributed by atoms with Crippen LogP contribution in [0, 0.1) is 23.4 Å². The summed E-state index contributed by atoms with van der Waals surface area (Å²) in [6.45, 7) is 4.67. The Morgan fingerprint density at radius 1 is 0.930 bits per heavy atom. The highest BCUT2D eigenvalue weighted by Gasteiger charge is 2.32. The molecule has 3 fully saturated rings. The Morgan fingerprint density at radius 2 is 1.70 bits per heavy atom. The van der Waals surface area contributed by atoms with E-state index in [2.05, 4.69) is 20.4 Å². The zero-order valence-electron chi connectivity index (χ0n) is 31.5. The minimum Gasteiger partial charge on any atom is -0.503 e. The number of rotatable bonds is 10. The lowest BCUT2D eigenvalue weighted by atomic mass is 9.86. The Hall–Kier alpha value is -5.71. The number of halogens is 3. The lowest BCUT2D eigenvalue weighted by Gasteiger charge is -2.35. The second-order valence-corrected chi connectivity index (χ2v) is 15.4. The molecule has 1 aliphatic carbocycles. The van der Waals surface area contributed by atoms with E-state index in [1.54, 1.807) is 11.6 Å². The molecule has 3 aromatic heterocycles. The van der Waals surface area contributed by atoms with Gasteiger partial charge < -0.3 is 15.3 Å². The molecule has 1 saturated carbocycles. The number of anilines is 1. The number of hydrogen-bond acceptors (Lipinski definition) is 9. The molecule has 2 aromatic carbocycles. The van der Waals surface area contributed by atoms with Crippen LogP contribution in [0.1, 0.15) is 73.0 Å². The first-order chi connectivity index (χ1) is 27.4. The summed E-state index contributed by atoms with van der Waals surface area (Å²) in [5.41, 5.74) is 3.16. The number of nitrogens with one attached hydrogen (secondary N) is 2. The first-order valence-electron chi connectivity index (χ1n) is 19.5. The van der Waals surface area contributed by atoms with Gasteiger partial charge in [0.15, 0.2) is 17.4 Å². The maximum absolute atomic E-state index is 14.1. The molecule has 14 nitrogen and oxygen atoms in total. The molecular formula is C40H44F3N9O5. The largest absolute Gasteiger partial charge is 0.503 e. The topological polar surface area (TPSA) is 160 Å². The molecule has 5 aromatic rings. The predicted molar refractivity (Wildman–Crippen MR) is 204 cm³/mol. The number of hydrogen-bond donors (Lipinski definition) is 3. The number of aryl methyl sites for hydroxylation is 2. The highest BCUT2D eigenvalue weighted by molar-refractivity contribution is 6.00. The van der Waals surface area contributed by atoms with Crippen LogP contribution in [0.5, 0.6) is 5.75 Å². The Bertz CT molecular complexity index is 2430. The van der Waals surface area contributed by atoms with Crippen molar-refractivity contribution in [1.82, 2.24) is 39.4 Å². The molecule has 5 heterocycles. The van der Waals surface area contributed by atoms with Crippen molar-refractivity contribution < 1.29 is 32.7 Å². The van der Waals surface area contributed by atoms with Crippen LogP contribution in [0.2, 0.25) is 0 Å². The number of aromatic hydroxyl groups is 1. The fraction of sp³-hybridized carbons (Fsp3) is 0.450. The summed E-state index contributed by atoms with van der Waals surface area (Å²) >= 11 is 0. The molecule has 0 bridgehead atoms. The van der Waals surface area contributed by atoms with Crippen molar-refractivity contribution in [3.05, 3.63) is 81.7 Å². The number of pyridine rings is 1. The quantitative estimate of drug-likeness (QED) is 0.140. The molecule has 17 heteroatoms. The highest BCUT2D eigenvalue weighted by atomic mass is 19.2. The van der Waals surface area contributed by atoms with Gasteiger partial charge in [-0.15, -0.1) is 0 Å². The number of aromatic nitrogens is 5. The minimum atomic E-state index is -1.79. The number of carbonyl (C=O) groups is 3. The SMILES string of the molecule is Cn1c(=O)n([C@@H]2CCC(=O)NC2=O)c2ccc(CCCN3CCN(c4ccc5nn(C6CCC(CNC(=O)c7cc(F)c(O)c(F)c7F)CC6)cc5n4)CC3)cc21. The molecule has 0 spiro atoms. The van der Waals surface area contributed by atoms with E-state index in [0.29, 0.717) is 18.0 Å². The Kier molecular flexibility index (Phi) is 10.5. The normalized spacial score (nSPS) is 20.7. The van der Waals surface area contributed by atoms with Crippen LogP contribution in [-0.2, 0) is 23.1 Å². The van der Waals surface area contributed by atoms with Crippen LogP contribution >= 0.6 is 0 Å². The van der Waals surface area contributed by atoms with E-state index < -0.39 is 46.6 Å². The number of imide groups is 1. The molecule has 2 saturated heterocycles. The van der Waals surface area contributed by atoms with Gasteiger partial charge in [0.1, 0.15) is 22.9 Å². The first-order valence-corrected chi connectivity index (χ1v) is 19.5. The van der Waals surface area contributed by atoms with Crippen LogP contribution in [0.15, 0.2) is 47.4 Å². The van der Waals surface area contributed by atoms with Gasteiger partial charge >= 0.3 is 5.69 Å². The number of piperazine rings is 1. The van der Waals surface area contributed by atoms with Gasteiger partial charge in [-0.1, -0.05) is 6.07 Å². The van der Waals surface area contributed by atoms with Crippen molar-refractivity contribution in [3.8, 4) is 5.75 Å². The maximum atomic E-state index is 14.1. The minimum absolute atomic E-state index is 0.112. The van der Waals surface area contributed by atoms with Crippen molar-refractivity contribution in [3.63, 3.8) is 0 Å². The Balaban J connectivity index is 0.800. The van der Waals surface area contributed by atoms with E-state index in [4.69, 9.17) is 10.1 Å². The number of carbonyl (C=O) groups excluding carboxylic acids is 3. The van der Waals surface area contributed by atoms with Gasteiger partial charge in [-0.05, 0) is 93.3 Å². The zero-order valence-corrected chi connectivity index (χ0v) is 31.5. The third kappa shape index (κ3) is 7.59. The van der Waals surface area contributed by atoms with Gasteiger partial charge in [-0.25, -0.2) is 18.6 Å². The summed E-state index contributed by atoms with van der Waals surface area (Å²) in [5, 5.41) is 19.0. The highest BCUT2D eigenvalue weighted by Crippen LogP contribution is 2.33. The van der Waals surface area contributed by atoms with Gasteiger partial charge in [0.25, 0.3) is 5.91 Å². The number of fused-ring (bicyclic) bond motifs is 2. The van der Waals surface area contributed by atoms with Crippen molar-refractivity contribution in [2.45, 2.75) is 63.5 Å².